The van der Waals surface area contributed by atoms with Crippen LogP contribution in [-0.2, 0) is 4.74 Å². The first kappa shape index (κ1) is 14.1. The van der Waals surface area contributed by atoms with Crippen molar-refractivity contribution >= 4 is 5.97 Å². The van der Waals surface area contributed by atoms with E-state index in [4.69, 9.17) is 15.7 Å². The highest BCUT2D eigenvalue weighted by Crippen LogP contribution is 2.18. The molecule has 0 aliphatic carbocycles. The van der Waals surface area contributed by atoms with Crippen LogP contribution in [0.2, 0.25) is 0 Å². The van der Waals surface area contributed by atoms with Gasteiger partial charge in [-0.2, -0.15) is 5.26 Å². The molecule has 1 rings (SSSR count). The molecular weight excluding hydrogens is 235 g/mol. The van der Waals surface area contributed by atoms with Crippen LogP contribution >= 0.6 is 0 Å². The molecule has 0 unspecified atom stereocenters. The standard InChI is InChI=1S/C13H15FN2O2/c1-13(2,3)18-12(17)9-5-4-8(6-10(9)14)11(16)7-15/h4-6,11H,16H2,1-3H3/t11-/m0/s1. The number of hydrogen-bond donors (Lipinski definition) is 1. The second kappa shape index (κ2) is 5.15. The number of nitrogens with zero attached hydrogens (tertiary/aromatic N) is 1. The van der Waals surface area contributed by atoms with E-state index in [-0.39, 0.29) is 5.56 Å². The average molecular weight is 250 g/mol. The Balaban J connectivity index is 3.00. The van der Waals surface area contributed by atoms with Crippen molar-refractivity contribution in [2.75, 3.05) is 0 Å². The second-order valence-electron chi connectivity index (χ2n) is 4.85. The van der Waals surface area contributed by atoms with E-state index < -0.39 is 23.4 Å². The number of esters is 1. The maximum Gasteiger partial charge on any atom is 0.341 e. The van der Waals surface area contributed by atoms with E-state index in [9.17, 15) is 9.18 Å². The van der Waals surface area contributed by atoms with Crippen LogP contribution in [0.1, 0.15) is 42.7 Å². The fourth-order valence-corrected chi connectivity index (χ4v) is 1.30. The molecule has 2 N–H and O–H groups in total. The molecule has 0 aliphatic rings. The first-order valence-corrected chi connectivity index (χ1v) is 5.42. The topological polar surface area (TPSA) is 76.1 Å². The van der Waals surface area contributed by atoms with E-state index in [1.54, 1.807) is 26.8 Å². The lowest BCUT2D eigenvalue weighted by Crippen LogP contribution is -2.24. The van der Waals surface area contributed by atoms with Gasteiger partial charge in [0, 0.05) is 0 Å². The summed E-state index contributed by atoms with van der Waals surface area (Å²) < 4.78 is 18.8. The summed E-state index contributed by atoms with van der Waals surface area (Å²) in [7, 11) is 0. The summed E-state index contributed by atoms with van der Waals surface area (Å²) in [6, 6.07) is 4.67. The Morgan fingerprint density at radius 2 is 2.11 bits per heavy atom. The van der Waals surface area contributed by atoms with Gasteiger partial charge in [-0.15, -0.1) is 0 Å². The smallest absolute Gasteiger partial charge is 0.341 e. The Hall–Kier alpha value is -1.93. The first-order chi connectivity index (χ1) is 8.24. The number of rotatable bonds is 2. The highest BCUT2D eigenvalue weighted by atomic mass is 19.1. The number of nitriles is 1. The van der Waals surface area contributed by atoms with Crippen LogP contribution in [0.3, 0.4) is 0 Å². The molecule has 1 aromatic carbocycles. The monoisotopic (exact) mass is 250 g/mol. The van der Waals surface area contributed by atoms with E-state index in [1.807, 2.05) is 0 Å². The number of ether oxygens (including phenoxy) is 1. The predicted octanol–water partition coefficient (Wildman–Crippen LogP) is 2.30. The maximum atomic E-state index is 13.7. The summed E-state index contributed by atoms with van der Waals surface area (Å²) in [5, 5.41) is 8.62. The van der Waals surface area contributed by atoms with Crippen LogP contribution in [0.15, 0.2) is 18.2 Å². The summed E-state index contributed by atoms with van der Waals surface area (Å²) in [5.41, 5.74) is 4.91. The van der Waals surface area contributed by atoms with Crippen molar-refractivity contribution in [3.63, 3.8) is 0 Å². The van der Waals surface area contributed by atoms with Crippen molar-refractivity contribution in [1.29, 1.82) is 5.26 Å². The van der Waals surface area contributed by atoms with Gasteiger partial charge in [-0.25, -0.2) is 9.18 Å². The summed E-state index contributed by atoms with van der Waals surface area (Å²) >= 11 is 0. The van der Waals surface area contributed by atoms with Crippen molar-refractivity contribution in [2.24, 2.45) is 5.73 Å². The van der Waals surface area contributed by atoms with E-state index >= 15 is 0 Å². The number of carbonyl (C=O) groups is 1. The van der Waals surface area contributed by atoms with Crippen molar-refractivity contribution < 1.29 is 13.9 Å². The molecule has 0 amide bonds. The van der Waals surface area contributed by atoms with Gasteiger partial charge in [0.25, 0.3) is 0 Å². The van der Waals surface area contributed by atoms with Crippen molar-refractivity contribution in [2.45, 2.75) is 32.4 Å². The Labute approximate surface area is 105 Å². The highest BCUT2D eigenvalue weighted by Gasteiger charge is 2.21. The largest absolute Gasteiger partial charge is 0.456 e. The summed E-state index contributed by atoms with van der Waals surface area (Å²) in [6.45, 7) is 5.09. The zero-order chi connectivity index (χ0) is 13.9. The molecule has 1 aromatic rings. The SMILES string of the molecule is CC(C)(C)OC(=O)c1ccc([C@@H](N)C#N)cc1F. The molecule has 4 nitrogen and oxygen atoms in total. The van der Waals surface area contributed by atoms with Gasteiger partial charge in [0.15, 0.2) is 0 Å². The van der Waals surface area contributed by atoms with Crippen LogP contribution in [0, 0.1) is 17.1 Å². The van der Waals surface area contributed by atoms with Crippen molar-refractivity contribution in [3.8, 4) is 6.07 Å². The molecule has 0 aromatic heterocycles. The molecule has 0 fully saturated rings. The lowest BCUT2D eigenvalue weighted by molar-refractivity contribution is 0.00647. The quantitative estimate of drug-likeness (QED) is 0.817. The fourth-order valence-electron chi connectivity index (χ4n) is 1.30. The Morgan fingerprint density at radius 1 is 1.50 bits per heavy atom. The minimum Gasteiger partial charge on any atom is -0.456 e. The van der Waals surface area contributed by atoms with Crippen molar-refractivity contribution in [1.82, 2.24) is 0 Å². The molecule has 0 heterocycles. The summed E-state index contributed by atoms with van der Waals surface area (Å²) in [6.07, 6.45) is 0. The van der Waals surface area contributed by atoms with E-state index in [2.05, 4.69) is 0 Å². The van der Waals surface area contributed by atoms with Gasteiger partial charge in [0.1, 0.15) is 17.5 Å². The number of halogens is 1. The third kappa shape index (κ3) is 3.54. The molecular formula is C13H15FN2O2. The molecule has 0 radical (unpaired) electrons. The van der Waals surface area contributed by atoms with Crippen LogP contribution < -0.4 is 5.73 Å². The van der Waals surface area contributed by atoms with Gasteiger partial charge in [-0.1, -0.05) is 6.07 Å². The fraction of sp³-hybridized carbons (Fsp3) is 0.385. The van der Waals surface area contributed by atoms with Gasteiger partial charge in [-0.05, 0) is 38.5 Å². The zero-order valence-electron chi connectivity index (χ0n) is 10.5. The van der Waals surface area contributed by atoms with Crippen LogP contribution in [0.25, 0.3) is 0 Å². The van der Waals surface area contributed by atoms with E-state index in [0.717, 1.165) is 6.07 Å². The minimum atomic E-state index is -0.910. The normalized spacial score (nSPS) is 12.7. The minimum absolute atomic E-state index is 0.168. The van der Waals surface area contributed by atoms with Crippen LogP contribution in [0.4, 0.5) is 4.39 Å². The van der Waals surface area contributed by atoms with Crippen molar-refractivity contribution in [3.05, 3.63) is 35.1 Å². The van der Waals surface area contributed by atoms with Crippen LogP contribution in [-0.4, -0.2) is 11.6 Å². The average Bonchev–Trinajstić information content (AvgIpc) is 2.25. The van der Waals surface area contributed by atoms with E-state index in [0.29, 0.717) is 5.56 Å². The molecule has 0 aliphatic heterocycles. The van der Waals surface area contributed by atoms with E-state index in [1.165, 1.54) is 12.1 Å². The number of benzene rings is 1. The third-order valence-electron chi connectivity index (χ3n) is 2.11. The summed E-state index contributed by atoms with van der Waals surface area (Å²) in [5.74, 6) is -1.48. The number of carbonyl (C=O) groups excluding carboxylic acids is 1. The molecule has 96 valence electrons. The molecule has 0 saturated heterocycles. The lowest BCUT2D eigenvalue weighted by atomic mass is 10.1. The van der Waals surface area contributed by atoms with Gasteiger partial charge in [0.2, 0.25) is 0 Å². The Kier molecular flexibility index (Phi) is 4.04. The number of nitrogens with two attached hydrogens (primary N) is 1. The predicted molar refractivity (Wildman–Crippen MR) is 64.1 cm³/mol. The lowest BCUT2D eigenvalue weighted by Gasteiger charge is -2.19. The highest BCUT2D eigenvalue weighted by molar-refractivity contribution is 5.90. The van der Waals surface area contributed by atoms with Gasteiger partial charge in [0.05, 0.1) is 11.6 Å². The summed E-state index contributed by atoms with van der Waals surface area (Å²) in [4.78, 5) is 11.7. The van der Waals surface area contributed by atoms with Gasteiger partial charge < -0.3 is 10.5 Å². The third-order valence-corrected chi connectivity index (χ3v) is 2.11. The molecule has 5 heteroatoms. The Bertz CT molecular complexity index is 501. The maximum absolute atomic E-state index is 13.7. The molecule has 1 atom stereocenters. The Morgan fingerprint density at radius 3 is 2.56 bits per heavy atom. The second-order valence-corrected chi connectivity index (χ2v) is 4.85. The molecule has 0 bridgehead atoms. The first-order valence-electron chi connectivity index (χ1n) is 5.42. The molecule has 18 heavy (non-hydrogen) atoms. The van der Waals surface area contributed by atoms with Gasteiger partial charge in [-0.3, -0.25) is 0 Å². The van der Waals surface area contributed by atoms with Gasteiger partial charge >= 0.3 is 5.97 Å². The van der Waals surface area contributed by atoms with Crippen LogP contribution in [0.5, 0.6) is 0 Å². The molecule has 0 saturated carbocycles. The molecule has 0 spiro atoms. The zero-order valence-corrected chi connectivity index (χ0v) is 10.5. The number of hydrogen-bond acceptors (Lipinski definition) is 4.